The van der Waals surface area contributed by atoms with E-state index in [1.165, 1.54) is 0 Å². The number of carbonyl (C=O) groups excluding carboxylic acids is 1. The molecule has 0 spiro atoms. The summed E-state index contributed by atoms with van der Waals surface area (Å²) in [6.45, 7) is 0. The maximum absolute atomic E-state index is 12.1. The van der Waals surface area contributed by atoms with Crippen LogP contribution >= 0.6 is 0 Å². The van der Waals surface area contributed by atoms with Gasteiger partial charge >= 0.3 is 5.97 Å². The second kappa shape index (κ2) is 7.04. The lowest BCUT2D eigenvalue weighted by atomic mass is 10.0. The fourth-order valence-electron chi connectivity index (χ4n) is 2.30. The van der Waals surface area contributed by atoms with Crippen LogP contribution in [-0.2, 0) is 4.79 Å². The Morgan fingerprint density at radius 1 is 1.09 bits per heavy atom. The van der Waals surface area contributed by atoms with Gasteiger partial charge in [-0.25, -0.2) is 0 Å². The second-order valence-electron chi connectivity index (χ2n) is 4.88. The van der Waals surface area contributed by atoms with Gasteiger partial charge in [-0.1, -0.05) is 18.2 Å². The molecule has 0 fully saturated rings. The van der Waals surface area contributed by atoms with Gasteiger partial charge in [0.1, 0.15) is 17.2 Å². The Kier molecular flexibility index (Phi) is 5.10. The summed E-state index contributed by atoms with van der Waals surface area (Å²) in [6.07, 6.45) is -0.226. The maximum Gasteiger partial charge on any atom is 0.320 e. The van der Waals surface area contributed by atoms with Crippen molar-refractivity contribution in [1.29, 1.82) is 0 Å². The van der Waals surface area contributed by atoms with Gasteiger partial charge in [0.2, 0.25) is 0 Å². The van der Waals surface area contributed by atoms with Gasteiger partial charge in [0.05, 0.1) is 0 Å². The first-order valence-corrected chi connectivity index (χ1v) is 6.94. The van der Waals surface area contributed by atoms with Crippen molar-refractivity contribution in [2.75, 3.05) is 7.11 Å². The predicted octanol–water partition coefficient (Wildman–Crippen LogP) is 2.18. The highest BCUT2D eigenvalue weighted by atomic mass is 16.4. The van der Waals surface area contributed by atoms with Gasteiger partial charge in [-0.2, -0.15) is 0 Å². The molecule has 0 saturated carbocycles. The number of hydrogen-bond acceptors (Lipinski definition) is 5. The lowest BCUT2D eigenvalue weighted by molar-refractivity contribution is -0.138. The summed E-state index contributed by atoms with van der Waals surface area (Å²) in [4.78, 5) is 22.8. The summed E-state index contributed by atoms with van der Waals surface area (Å²) in [7, 11) is 1.00. The topological polar surface area (TPSA) is 114 Å². The van der Waals surface area contributed by atoms with E-state index in [2.05, 4.69) is 0 Å². The van der Waals surface area contributed by atoms with Crippen LogP contribution in [0.15, 0.2) is 46.9 Å². The quantitative estimate of drug-likeness (QED) is 0.636. The molecular weight excluding hydrogens is 298 g/mol. The van der Waals surface area contributed by atoms with Crippen LogP contribution in [0.5, 0.6) is 0 Å². The molecule has 0 aliphatic carbocycles. The third-order valence-corrected chi connectivity index (χ3v) is 3.42. The number of ketones is 1. The van der Waals surface area contributed by atoms with Gasteiger partial charge in [0, 0.05) is 29.9 Å². The van der Waals surface area contributed by atoms with E-state index in [1.54, 1.807) is 18.2 Å². The minimum absolute atomic E-state index is 0.226. The standard InChI is InChI=1S/C16H13NO4.CH4O/c17-12(16(19)20)8-13(18)9-5-6-15-11(7-9)10-3-1-2-4-14(10)21-15;1-2/h1-7,12H,8,17H2,(H,19,20);2H,1H3. The molecule has 0 bridgehead atoms. The van der Waals surface area contributed by atoms with Crippen LogP contribution < -0.4 is 5.73 Å². The third kappa shape index (κ3) is 3.39. The molecule has 2 aromatic carbocycles. The predicted molar refractivity (Wildman–Crippen MR) is 86.4 cm³/mol. The number of nitrogens with two attached hydrogens (primary N) is 1. The van der Waals surface area contributed by atoms with Gasteiger partial charge < -0.3 is 20.4 Å². The summed E-state index contributed by atoms with van der Waals surface area (Å²) < 4.78 is 5.68. The summed E-state index contributed by atoms with van der Waals surface area (Å²) in [5.74, 6) is -1.48. The molecule has 6 nitrogen and oxygen atoms in total. The molecule has 1 unspecified atom stereocenters. The van der Waals surface area contributed by atoms with Crippen LogP contribution in [0.25, 0.3) is 21.9 Å². The molecule has 0 radical (unpaired) electrons. The molecular formula is C17H17NO5. The van der Waals surface area contributed by atoms with Crippen molar-refractivity contribution in [1.82, 2.24) is 0 Å². The fraction of sp³-hybridized carbons (Fsp3) is 0.176. The third-order valence-electron chi connectivity index (χ3n) is 3.42. The first-order chi connectivity index (χ1) is 11.1. The van der Waals surface area contributed by atoms with Crippen LogP contribution in [0, 0.1) is 0 Å². The zero-order valence-electron chi connectivity index (χ0n) is 12.5. The summed E-state index contributed by atoms with van der Waals surface area (Å²) in [5.41, 5.74) is 7.27. The second-order valence-corrected chi connectivity index (χ2v) is 4.88. The average Bonchev–Trinajstić information content (AvgIpc) is 2.94. The van der Waals surface area contributed by atoms with Gasteiger partial charge in [-0.05, 0) is 24.3 Å². The van der Waals surface area contributed by atoms with Crippen molar-refractivity contribution in [3.8, 4) is 0 Å². The minimum atomic E-state index is -1.19. The number of Topliss-reactive ketones (excluding diaryl/α,β-unsaturated/α-hetero) is 1. The fourth-order valence-corrected chi connectivity index (χ4v) is 2.30. The van der Waals surface area contributed by atoms with Crippen molar-refractivity contribution in [2.45, 2.75) is 12.5 Å². The lowest BCUT2D eigenvalue weighted by Gasteiger charge is -2.05. The van der Waals surface area contributed by atoms with Crippen LogP contribution in [0.1, 0.15) is 16.8 Å². The minimum Gasteiger partial charge on any atom is -0.480 e. The molecule has 23 heavy (non-hydrogen) atoms. The highest BCUT2D eigenvalue weighted by Gasteiger charge is 2.18. The largest absolute Gasteiger partial charge is 0.480 e. The molecule has 3 rings (SSSR count). The number of carbonyl (C=O) groups is 2. The molecule has 0 amide bonds. The monoisotopic (exact) mass is 315 g/mol. The number of benzene rings is 2. The summed E-state index contributed by atoms with van der Waals surface area (Å²) >= 11 is 0. The number of para-hydroxylation sites is 1. The molecule has 0 saturated heterocycles. The maximum atomic E-state index is 12.1. The van der Waals surface area contributed by atoms with E-state index in [0.29, 0.717) is 11.1 Å². The van der Waals surface area contributed by atoms with Gasteiger partial charge in [-0.15, -0.1) is 0 Å². The number of rotatable bonds is 4. The van der Waals surface area contributed by atoms with Crippen molar-refractivity contribution in [3.05, 3.63) is 48.0 Å². The highest BCUT2D eigenvalue weighted by molar-refractivity contribution is 6.08. The smallest absolute Gasteiger partial charge is 0.320 e. The Bertz CT molecular complexity index is 852. The lowest BCUT2D eigenvalue weighted by Crippen LogP contribution is -2.32. The van der Waals surface area contributed by atoms with Crippen molar-refractivity contribution in [3.63, 3.8) is 0 Å². The first kappa shape index (κ1) is 16.7. The Balaban J connectivity index is 0.000000924. The number of aliphatic hydroxyl groups excluding tert-OH is 1. The van der Waals surface area contributed by atoms with E-state index in [9.17, 15) is 9.59 Å². The Hall–Kier alpha value is -2.70. The van der Waals surface area contributed by atoms with Crippen molar-refractivity contribution in [2.24, 2.45) is 5.73 Å². The van der Waals surface area contributed by atoms with Crippen molar-refractivity contribution >= 4 is 33.7 Å². The van der Waals surface area contributed by atoms with E-state index in [4.69, 9.17) is 20.4 Å². The molecule has 3 aromatic rings. The normalized spacial score (nSPS) is 11.8. The number of fused-ring (bicyclic) bond motifs is 3. The van der Waals surface area contributed by atoms with Gasteiger partial charge in [0.15, 0.2) is 5.78 Å². The average molecular weight is 315 g/mol. The van der Waals surface area contributed by atoms with Gasteiger partial charge in [0.25, 0.3) is 0 Å². The molecule has 1 atom stereocenters. The molecule has 120 valence electrons. The van der Waals surface area contributed by atoms with E-state index in [1.807, 2.05) is 24.3 Å². The van der Waals surface area contributed by atoms with Crippen LogP contribution in [0.4, 0.5) is 0 Å². The van der Waals surface area contributed by atoms with E-state index >= 15 is 0 Å². The molecule has 1 heterocycles. The number of aliphatic hydroxyl groups is 1. The number of carboxylic acids is 1. The van der Waals surface area contributed by atoms with Gasteiger partial charge in [-0.3, -0.25) is 9.59 Å². The van der Waals surface area contributed by atoms with Crippen LogP contribution in [0.2, 0.25) is 0 Å². The Labute approximate surface area is 132 Å². The Morgan fingerprint density at radius 2 is 1.74 bits per heavy atom. The van der Waals surface area contributed by atoms with E-state index in [-0.39, 0.29) is 12.2 Å². The van der Waals surface area contributed by atoms with Crippen LogP contribution in [0.3, 0.4) is 0 Å². The number of aliphatic carboxylic acids is 1. The Morgan fingerprint density at radius 3 is 2.43 bits per heavy atom. The van der Waals surface area contributed by atoms with Crippen LogP contribution in [-0.4, -0.2) is 35.1 Å². The highest BCUT2D eigenvalue weighted by Crippen LogP contribution is 2.29. The molecule has 1 aromatic heterocycles. The van der Waals surface area contributed by atoms with Crippen molar-refractivity contribution < 1.29 is 24.2 Å². The number of hydrogen-bond donors (Lipinski definition) is 3. The number of carboxylic acid groups (broad SMARTS) is 1. The summed E-state index contributed by atoms with van der Waals surface area (Å²) in [6, 6.07) is 11.4. The molecule has 4 N–H and O–H groups in total. The molecule has 0 aliphatic heterocycles. The zero-order chi connectivity index (χ0) is 17.0. The molecule has 0 aliphatic rings. The van der Waals surface area contributed by atoms with E-state index < -0.39 is 12.0 Å². The van der Waals surface area contributed by atoms with E-state index in [0.717, 1.165) is 23.5 Å². The molecule has 6 heteroatoms. The first-order valence-electron chi connectivity index (χ1n) is 6.94. The summed E-state index contributed by atoms with van der Waals surface area (Å²) in [5, 5.41) is 17.5. The SMILES string of the molecule is CO.NC(CC(=O)c1ccc2oc3ccccc3c2c1)C(=O)O. The number of furan rings is 1. The zero-order valence-corrected chi connectivity index (χ0v) is 12.5.